The number of ether oxygens (including phenoxy) is 1. The predicted octanol–water partition coefficient (Wildman–Crippen LogP) is 4.90. The van der Waals surface area contributed by atoms with E-state index in [1.807, 2.05) is 0 Å². The highest BCUT2D eigenvalue weighted by Crippen LogP contribution is 2.35. The fraction of sp³-hybridized carbons (Fsp3) is 0.167. The maximum atomic E-state index is 12.7. The molecule has 1 N–H and O–H groups in total. The molecule has 3 rings (SSSR count). The first-order chi connectivity index (χ1) is 12.9. The van der Waals surface area contributed by atoms with Gasteiger partial charge in [0.2, 0.25) is 11.7 Å². The average Bonchev–Trinajstić information content (AvgIpc) is 3.14. The molecule has 1 heterocycles. The van der Waals surface area contributed by atoms with Crippen molar-refractivity contribution in [1.82, 2.24) is 10.1 Å². The van der Waals surface area contributed by atoms with Gasteiger partial charge in [-0.25, -0.2) is 0 Å². The molecule has 0 saturated carbocycles. The molecular weight excluding hydrogens is 363 g/mol. The Morgan fingerprint density at radius 1 is 1.19 bits per heavy atom. The first kappa shape index (κ1) is 18.4. The smallest absolute Gasteiger partial charge is 0.455 e. The molecule has 0 spiro atoms. The van der Waals surface area contributed by atoms with Crippen molar-refractivity contribution in [1.29, 1.82) is 0 Å². The standard InChI is InChI=1S/C18H14F3N3O3/c1-2-15(25)22-13-9-8-11(16-23-17(27-24-16)18(19,20)21)10-14(13)26-12-6-4-3-5-7-12/h3-10H,2H2,1H3,(H,22,25). The van der Waals surface area contributed by atoms with Crippen LogP contribution >= 0.6 is 0 Å². The average molecular weight is 377 g/mol. The number of alkyl halides is 3. The van der Waals surface area contributed by atoms with Crippen molar-refractivity contribution in [2.45, 2.75) is 19.5 Å². The largest absolute Gasteiger partial charge is 0.471 e. The second-order valence-electron chi connectivity index (χ2n) is 5.45. The highest BCUT2D eigenvalue weighted by molar-refractivity contribution is 5.92. The summed E-state index contributed by atoms with van der Waals surface area (Å²) < 4.78 is 48.0. The van der Waals surface area contributed by atoms with Crippen LogP contribution in [0.5, 0.6) is 11.5 Å². The van der Waals surface area contributed by atoms with Crippen LogP contribution in [-0.4, -0.2) is 16.0 Å². The van der Waals surface area contributed by atoms with Crippen molar-refractivity contribution >= 4 is 11.6 Å². The number of carbonyl (C=O) groups excluding carboxylic acids is 1. The van der Waals surface area contributed by atoms with Gasteiger partial charge in [-0.2, -0.15) is 18.2 Å². The van der Waals surface area contributed by atoms with Crippen molar-refractivity contribution in [3.8, 4) is 22.9 Å². The van der Waals surface area contributed by atoms with Crippen molar-refractivity contribution in [3.05, 3.63) is 54.4 Å². The highest BCUT2D eigenvalue weighted by Gasteiger charge is 2.38. The first-order valence-electron chi connectivity index (χ1n) is 7.95. The molecule has 140 valence electrons. The van der Waals surface area contributed by atoms with Gasteiger partial charge in [-0.1, -0.05) is 30.3 Å². The number of halogens is 3. The second kappa shape index (κ2) is 7.48. The molecule has 0 atom stereocenters. The van der Waals surface area contributed by atoms with Gasteiger partial charge < -0.3 is 14.6 Å². The number of para-hydroxylation sites is 1. The summed E-state index contributed by atoms with van der Waals surface area (Å²) in [6.07, 6.45) is -4.48. The monoisotopic (exact) mass is 377 g/mol. The molecule has 0 aliphatic rings. The van der Waals surface area contributed by atoms with Gasteiger partial charge in [-0.3, -0.25) is 4.79 Å². The Morgan fingerprint density at radius 3 is 2.56 bits per heavy atom. The molecule has 1 amide bonds. The van der Waals surface area contributed by atoms with Crippen LogP contribution in [0.1, 0.15) is 19.2 Å². The maximum Gasteiger partial charge on any atom is 0.471 e. The quantitative estimate of drug-likeness (QED) is 0.685. The summed E-state index contributed by atoms with van der Waals surface area (Å²) in [7, 11) is 0. The molecule has 27 heavy (non-hydrogen) atoms. The molecule has 0 fully saturated rings. The number of amides is 1. The van der Waals surface area contributed by atoms with Crippen LogP contribution in [0.3, 0.4) is 0 Å². The van der Waals surface area contributed by atoms with Crippen LogP contribution in [0.25, 0.3) is 11.4 Å². The van der Waals surface area contributed by atoms with Crippen LogP contribution in [-0.2, 0) is 11.0 Å². The minimum atomic E-state index is -4.73. The maximum absolute atomic E-state index is 12.7. The summed E-state index contributed by atoms with van der Waals surface area (Å²) in [5, 5.41) is 6.04. The third kappa shape index (κ3) is 4.43. The number of anilines is 1. The van der Waals surface area contributed by atoms with Gasteiger partial charge in [0.25, 0.3) is 0 Å². The second-order valence-corrected chi connectivity index (χ2v) is 5.45. The molecule has 0 bridgehead atoms. The van der Waals surface area contributed by atoms with Crippen molar-refractivity contribution in [3.63, 3.8) is 0 Å². The number of hydrogen-bond acceptors (Lipinski definition) is 5. The fourth-order valence-corrected chi connectivity index (χ4v) is 2.16. The summed E-state index contributed by atoms with van der Waals surface area (Å²) in [5.41, 5.74) is 0.615. The Labute approximate surface area is 152 Å². The zero-order valence-corrected chi connectivity index (χ0v) is 14.1. The van der Waals surface area contributed by atoms with Gasteiger partial charge in [-0.05, 0) is 30.3 Å². The molecule has 0 aliphatic carbocycles. The summed E-state index contributed by atoms with van der Waals surface area (Å²) in [5.74, 6) is -1.19. The Hall–Kier alpha value is -3.36. The van der Waals surface area contributed by atoms with Crippen molar-refractivity contribution in [2.24, 2.45) is 0 Å². The number of aromatic nitrogens is 2. The van der Waals surface area contributed by atoms with Gasteiger partial charge in [-0.15, -0.1) is 0 Å². The van der Waals surface area contributed by atoms with Crippen molar-refractivity contribution in [2.75, 3.05) is 5.32 Å². The fourth-order valence-electron chi connectivity index (χ4n) is 2.16. The summed E-state index contributed by atoms with van der Waals surface area (Å²) >= 11 is 0. The van der Waals surface area contributed by atoms with Crippen LogP contribution in [0.4, 0.5) is 18.9 Å². The molecule has 0 aliphatic heterocycles. The number of benzene rings is 2. The molecule has 0 radical (unpaired) electrons. The number of nitrogens with one attached hydrogen (secondary N) is 1. The molecular formula is C18H14F3N3O3. The SMILES string of the molecule is CCC(=O)Nc1ccc(-c2noc(C(F)(F)F)n2)cc1Oc1ccccc1. The molecule has 1 aromatic heterocycles. The Kier molecular flexibility index (Phi) is 5.11. The van der Waals surface area contributed by atoms with Gasteiger partial charge in [0.15, 0.2) is 5.75 Å². The first-order valence-corrected chi connectivity index (χ1v) is 7.95. The van der Waals surface area contributed by atoms with Crippen LogP contribution in [0.2, 0.25) is 0 Å². The van der Waals surface area contributed by atoms with Crippen LogP contribution in [0, 0.1) is 0 Å². The summed E-state index contributed by atoms with van der Waals surface area (Å²) in [6, 6.07) is 13.1. The molecule has 9 heteroatoms. The van der Waals surface area contributed by atoms with Gasteiger partial charge in [0.1, 0.15) is 5.75 Å². The van der Waals surface area contributed by atoms with E-state index in [2.05, 4.69) is 20.0 Å². The molecule has 0 saturated heterocycles. The Bertz CT molecular complexity index is 940. The number of carbonyl (C=O) groups is 1. The minimum Gasteiger partial charge on any atom is -0.455 e. The van der Waals surface area contributed by atoms with Gasteiger partial charge in [0, 0.05) is 12.0 Å². The zero-order chi connectivity index (χ0) is 19.4. The molecule has 6 nitrogen and oxygen atoms in total. The topological polar surface area (TPSA) is 77.3 Å². The van der Waals surface area contributed by atoms with E-state index >= 15 is 0 Å². The van der Waals surface area contributed by atoms with E-state index in [4.69, 9.17) is 4.74 Å². The molecule has 0 unspecified atom stereocenters. The number of nitrogens with zero attached hydrogens (tertiary/aromatic N) is 2. The number of rotatable bonds is 5. The predicted molar refractivity (Wildman–Crippen MR) is 90.2 cm³/mol. The minimum absolute atomic E-state index is 0.235. The van der Waals surface area contributed by atoms with E-state index in [9.17, 15) is 18.0 Å². The lowest BCUT2D eigenvalue weighted by Crippen LogP contribution is -2.10. The Balaban J connectivity index is 1.98. The van der Waals surface area contributed by atoms with Crippen LogP contribution in [0.15, 0.2) is 53.1 Å². The zero-order valence-electron chi connectivity index (χ0n) is 14.1. The third-order valence-electron chi connectivity index (χ3n) is 3.47. The molecule has 3 aromatic rings. The third-order valence-corrected chi connectivity index (χ3v) is 3.47. The van der Waals surface area contributed by atoms with E-state index in [0.29, 0.717) is 11.4 Å². The lowest BCUT2D eigenvalue weighted by Gasteiger charge is -2.13. The van der Waals surface area contributed by atoms with E-state index in [1.165, 1.54) is 18.2 Å². The summed E-state index contributed by atoms with van der Waals surface area (Å²) in [6.45, 7) is 1.69. The summed E-state index contributed by atoms with van der Waals surface area (Å²) in [4.78, 5) is 15.1. The number of hydrogen-bond donors (Lipinski definition) is 1. The highest BCUT2D eigenvalue weighted by atomic mass is 19.4. The van der Waals surface area contributed by atoms with E-state index in [-0.39, 0.29) is 29.5 Å². The van der Waals surface area contributed by atoms with Gasteiger partial charge in [0.05, 0.1) is 5.69 Å². The Morgan fingerprint density at radius 2 is 1.93 bits per heavy atom. The van der Waals surface area contributed by atoms with Gasteiger partial charge >= 0.3 is 12.1 Å². The lowest BCUT2D eigenvalue weighted by molar-refractivity contribution is -0.159. The van der Waals surface area contributed by atoms with E-state index in [1.54, 1.807) is 37.3 Å². The van der Waals surface area contributed by atoms with E-state index < -0.39 is 12.1 Å². The van der Waals surface area contributed by atoms with Crippen molar-refractivity contribution < 1.29 is 27.2 Å². The van der Waals surface area contributed by atoms with Crippen LogP contribution < -0.4 is 10.1 Å². The lowest BCUT2D eigenvalue weighted by atomic mass is 10.1. The normalized spacial score (nSPS) is 11.3. The molecule has 2 aromatic carbocycles. The van der Waals surface area contributed by atoms with E-state index in [0.717, 1.165) is 0 Å².